The quantitative estimate of drug-likeness (QED) is 0.409. The Kier molecular flexibility index (Phi) is 15.9. The average molecular weight is 372 g/mol. The predicted octanol–water partition coefficient (Wildman–Crippen LogP) is 1.90. The van der Waals surface area contributed by atoms with Crippen LogP contribution in [-0.4, -0.2) is 61.1 Å². The maximum absolute atomic E-state index is 11.0. The standard InChI is InChI=1S/C15H24O6.C3H4O2/c1-6-14(16)20-9-12(4)18-8-11(3)19-10-13(5)21-15(17)7-2;1-2-3(4)5/h6-7,11-13H,1-2,8-10H2,3-5H3;2H,1H2,(H,4,5). The van der Waals surface area contributed by atoms with E-state index >= 15 is 0 Å². The lowest BCUT2D eigenvalue weighted by molar-refractivity contribution is -0.148. The summed E-state index contributed by atoms with van der Waals surface area (Å²) >= 11 is 0. The van der Waals surface area contributed by atoms with Crippen molar-refractivity contribution in [3.8, 4) is 0 Å². The Morgan fingerprint density at radius 3 is 1.65 bits per heavy atom. The number of hydrogen-bond acceptors (Lipinski definition) is 7. The number of ether oxygens (including phenoxy) is 4. The van der Waals surface area contributed by atoms with Gasteiger partial charge in [0.2, 0.25) is 0 Å². The van der Waals surface area contributed by atoms with Crippen LogP contribution < -0.4 is 0 Å². The van der Waals surface area contributed by atoms with Crippen molar-refractivity contribution in [2.75, 3.05) is 19.8 Å². The minimum absolute atomic E-state index is 0.158. The van der Waals surface area contributed by atoms with Gasteiger partial charge in [-0.1, -0.05) is 19.7 Å². The maximum Gasteiger partial charge on any atom is 0.330 e. The molecule has 0 aliphatic carbocycles. The first-order valence-corrected chi connectivity index (χ1v) is 7.86. The van der Waals surface area contributed by atoms with Crippen LogP contribution in [0.15, 0.2) is 38.0 Å². The Morgan fingerprint density at radius 2 is 1.23 bits per heavy atom. The highest BCUT2D eigenvalue weighted by Gasteiger charge is 2.12. The predicted molar refractivity (Wildman–Crippen MR) is 95.6 cm³/mol. The van der Waals surface area contributed by atoms with E-state index in [0.29, 0.717) is 6.61 Å². The van der Waals surface area contributed by atoms with Crippen molar-refractivity contribution in [3.63, 3.8) is 0 Å². The lowest BCUT2D eigenvalue weighted by Crippen LogP contribution is -2.27. The summed E-state index contributed by atoms with van der Waals surface area (Å²) in [6.45, 7) is 15.7. The van der Waals surface area contributed by atoms with Gasteiger partial charge in [-0.2, -0.15) is 0 Å². The van der Waals surface area contributed by atoms with Crippen molar-refractivity contribution in [2.45, 2.75) is 39.1 Å². The third kappa shape index (κ3) is 17.9. The molecular weight excluding hydrogens is 344 g/mol. The number of hydrogen-bond donors (Lipinski definition) is 1. The van der Waals surface area contributed by atoms with Crippen LogP contribution in [0.1, 0.15) is 20.8 Å². The molecule has 26 heavy (non-hydrogen) atoms. The summed E-state index contributed by atoms with van der Waals surface area (Å²) in [5, 5.41) is 7.60. The molecule has 8 nitrogen and oxygen atoms in total. The Balaban J connectivity index is 0. The highest BCUT2D eigenvalue weighted by molar-refractivity contribution is 5.81. The van der Waals surface area contributed by atoms with Crippen LogP contribution in [0.5, 0.6) is 0 Å². The molecule has 8 heteroatoms. The van der Waals surface area contributed by atoms with E-state index in [-0.39, 0.29) is 31.5 Å². The van der Waals surface area contributed by atoms with E-state index in [4.69, 9.17) is 24.1 Å². The molecule has 0 spiro atoms. The largest absolute Gasteiger partial charge is 0.478 e. The van der Waals surface area contributed by atoms with E-state index in [1.54, 1.807) is 13.8 Å². The van der Waals surface area contributed by atoms with E-state index in [9.17, 15) is 14.4 Å². The third-order valence-corrected chi connectivity index (χ3v) is 2.52. The molecule has 0 radical (unpaired) electrons. The van der Waals surface area contributed by atoms with E-state index in [0.717, 1.165) is 18.2 Å². The smallest absolute Gasteiger partial charge is 0.330 e. The Labute approximate surface area is 154 Å². The van der Waals surface area contributed by atoms with E-state index in [1.165, 1.54) is 0 Å². The van der Waals surface area contributed by atoms with Crippen LogP contribution in [0.2, 0.25) is 0 Å². The zero-order valence-corrected chi connectivity index (χ0v) is 15.5. The number of carboxylic acid groups (broad SMARTS) is 1. The lowest BCUT2D eigenvalue weighted by atomic mass is 10.4. The second-order valence-electron chi connectivity index (χ2n) is 5.12. The minimum Gasteiger partial charge on any atom is -0.478 e. The number of rotatable bonds is 12. The Hall–Kier alpha value is -2.45. The number of carbonyl (C=O) groups excluding carboxylic acids is 2. The van der Waals surface area contributed by atoms with E-state index in [2.05, 4.69) is 19.7 Å². The molecule has 0 aliphatic heterocycles. The van der Waals surface area contributed by atoms with Gasteiger partial charge in [-0.3, -0.25) is 0 Å². The molecule has 0 amide bonds. The van der Waals surface area contributed by atoms with Crippen LogP contribution in [0.25, 0.3) is 0 Å². The molecule has 0 heterocycles. The SMILES string of the molecule is C=CC(=O)O.C=CC(=O)OCC(C)OCC(C)OCC(C)OC(=O)C=C. The monoisotopic (exact) mass is 372 g/mol. The van der Waals surface area contributed by atoms with Gasteiger partial charge in [-0.05, 0) is 20.8 Å². The number of esters is 2. The molecule has 0 saturated heterocycles. The molecule has 148 valence electrons. The van der Waals surface area contributed by atoms with Gasteiger partial charge < -0.3 is 24.1 Å². The topological polar surface area (TPSA) is 108 Å². The van der Waals surface area contributed by atoms with Gasteiger partial charge in [0.1, 0.15) is 12.7 Å². The molecule has 0 aromatic carbocycles. The summed E-state index contributed by atoms with van der Waals surface area (Å²) in [6.07, 6.45) is 2.27. The van der Waals surface area contributed by atoms with Gasteiger partial charge in [0, 0.05) is 18.2 Å². The maximum atomic E-state index is 11.0. The van der Waals surface area contributed by atoms with Gasteiger partial charge >= 0.3 is 17.9 Å². The Bertz CT molecular complexity index is 472. The molecule has 0 aromatic heterocycles. The van der Waals surface area contributed by atoms with Crippen LogP contribution in [0.4, 0.5) is 0 Å². The molecule has 0 aromatic rings. The number of carbonyl (C=O) groups is 3. The zero-order valence-electron chi connectivity index (χ0n) is 15.5. The van der Waals surface area contributed by atoms with Crippen molar-refractivity contribution < 1.29 is 38.4 Å². The van der Waals surface area contributed by atoms with Gasteiger partial charge in [0.25, 0.3) is 0 Å². The lowest BCUT2D eigenvalue weighted by Gasteiger charge is -2.19. The fraction of sp³-hybridized carbons (Fsp3) is 0.500. The fourth-order valence-corrected chi connectivity index (χ4v) is 1.23. The molecular formula is C18H28O8. The third-order valence-electron chi connectivity index (χ3n) is 2.52. The first-order valence-electron chi connectivity index (χ1n) is 7.86. The summed E-state index contributed by atoms with van der Waals surface area (Å²) in [5.74, 6) is -1.94. The van der Waals surface area contributed by atoms with Gasteiger partial charge in [0.05, 0.1) is 25.4 Å². The van der Waals surface area contributed by atoms with Gasteiger partial charge in [-0.15, -0.1) is 0 Å². The highest BCUT2D eigenvalue weighted by atomic mass is 16.6. The molecule has 0 aliphatic rings. The molecule has 0 saturated carbocycles. The van der Waals surface area contributed by atoms with Gasteiger partial charge in [0.15, 0.2) is 0 Å². The number of carboxylic acids is 1. The first-order chi connectivity index (χ1) is 12.2. The number of aliphatic carboxylic acids is 1. The summed E-state index contributed by atoms with van der Waals surface area (Å²) < 4.78 is 20.8. The van der Waals surface area contributed by atoms with Crippen molar-refractivity contribution in [2.24, 2.45) is 0 Å². The highest BCUT2D eigenvalue weighted by Crippen LogP contribution is 2.01. The van der Waals surface area contributed by atoms with Crippen molar-refractivity contribution in [3.05, 3.63) is 38.0 Å². The van der Waals surface area contributed by atoms with Crippen molar-refractivity contribution in [1.82, 2.24) is 0 Å². The second-order valence-corrected chi connectivity index (χ2v) is 5.12. The first kappa shape index (κ1) is 25.8. The summed E-state index contributed by atoms with van der Waals surface area (Å²) in [4.78, 5) is 31.1. The fourth-order valence-electron chi connectivity index (χ4n) is 1.23. The van der Waals surface area contributed by atoms with Gasteiger partial charge in [-0.25, -0.2) is 14.4 Å². The molecule has 3 atom stereocenters. The molecule has 1 N–H and O–H groups in total. The van der Waals surface area contributed by atoms with Crippen LogP contribution >= 0.6 is 0 Å². The van der Waals surface area contributed by atoms with Crippen LogP contribution in [-0.2, 0) is 33.3 Å². The van der Waals surface area contributed by atoms with Crippen molar-refractivity contribution in [1.29, 1.82) is 0 Å². The van der Waals surface area contributed by atoms with Crippen molar-refractivity contribution >= 4 is 17.9 Å². The molecule has 0 fully saturated rings. The molecule has 0 rings (SSSR count). The Morgan fingerprint density at radius 1 is 0.808 bits per heavy atom. The summed E-state index contributed by atoms with van der Waals surface area (Å²) in [6, 6.07) is 0. The zero-order chi connectivity index (χ0) is 20.5. The van der Waals surface area contributed by atoms with E-state index in [1.807, 2.05) is 6.92 Å². The minimum atomic E-state index is -0.981. The summed E-state index contributed by atoms with van der Waals surface area (Å²) in [7, 11) is 0. The second kappa shape index (κ2) is 16.0. The van der Waals surface area contributed by atoms with Crippen LogP contribution in [0, 0.1) is 0 Å². The normalized spacial score (nSPS) is 13.0. The molecule has 0 bridgehead atoms. The average Bonchev–Trinajstić information content (AvgIpc) is 2.62. The summed E-state index contributed by atoms with van der Waals surface area (Å²) in [5.41, 5.74) is 0. The molecule has 3 unspecified atom stereocenters. The van der Waals surface area contributed by atoms with Crippen LogP contribution in [0.3, 0.4) is 0 Å². The van der Waals surface area contributed by atoms with E-state index < -0.39 is 17.9 Å².